The molecule has 2 heterocycles. The molecule has 1 aromatic heterocycles. The van der Waals surface area contributed by atoms with Crippen molar-refractivity contribution < 1.29 is 4.74 Å². The lowest BCUT2D eigenvalue weighted by Crippen LogP contribution is -2.30. The molecular formula is C17H29N3O. The molecule has 2 aliphatic rings. The number of ether oxygens (including phenoxy) is 1. The Morgan fingerprint density at radius 3 is 2.81 bits per heavy atom. The average molecular weight is 291 g/mol. The Labute approximate surface area is 128 Å². The van der Waals surface area contributed by atoms with Gasteiger partial charge in [-0.3, -0.25) is 4.68 Å². The molecule has 4 heteroatoms. The Morgan fingerprint density at radius 2 is 2.05 bits per heavy atom. The lowest BCUT2D eigenvalue weighted by atomic mass is 9.93. The standard InChI is InChI=1S/C17H29N3O/c1-14(12-15-7-10-21-11-8-15)18-13-16-6-9-20(19-16)17-4-2-3-5-17/h6,9,14-15,17-18H,2-5,7-8,10-13H2,1H3. The van der Waals surface area contributed by atoms with E-state index >= 15 is 0 Å². The van der Waals surface area contributed by atoms with Gasteiger partial charge in [-0.2, -0.15) is 5.10 Å². The van der Waals surface area contributed by atoms with Crippen LogP contribution in [0.2, 0.25) is 0 Å². The molecule has 1 saturated carbocycles. The highest BCUT2D eigenvalue weighted by Crippen LogP contribution is 2.28. The smallest absolute Gasteiger partial charge is 0.0762 e. The van der Waals surface area contributed by atoms with Crippen LogP contribution < -0.4 is 5.32 Å². The van der Waals surface area contributed by atoms with Crippen LogP contribution in [0.4, 0.5) is 0 Å². The van der Waals surface area contributed by atoms with E-state index in [1.165, 1.54) is 50.6 Å². The highest BCUT2D eigenvalue weighted by molar-refractivity contribution is 5.00. The second-order valence-corrected chi connectivity index (χ2v) is 6.80. The average Bonchev–Trinajstić information content (AvgIpc) is 3.17. The van der Waals surface area contributed by atoms with Crippen LogP contribution in [0.25, 0.3) is 0 Å². The van der Waals surface area contributed by atoms with Gasteiger partial charge in [0.15, 0.2) is 0 Å². The fraction of sp³-hybridized carbons (Fsp3) is 0.824. The summed E-state index contributed by atoms with van der Waals surface area (Å²) in [6, 6.07) is 3.38. The molecular weight excluding hydrogens is 262 g/mol. The van der Waals surface area contributed by atoms with E-state index in [9.17, 15) is 0 Å². The molecule has 2 fully saturated rings. The monoisotopic (exact) mass is 291 g/mol. The molecule has 21 heavy (non-hydrogen) atoms. The maximum Gasteiger partial charge on any atom is 0.0762 e. The summed E-state index contributed by atoms with van der Waals surface area (Å²) in [6.07, 6.45) is 11.2. The van der Waals surface area contributed by atoms with Crippen molar-refractivity contribution in [2.24, 2.45) is 5.92 Å². The summed E-state index contributed by atoms with van der Waals surface area (Å²) in [6.45, 7) is 5.08. The van der Waals surface area contributed by atoms with Crippen LogP contribution in [0.3, 0.4) is 0 Å². The van der Waals surface area contributed by atoms with Crippen molar-refractivity contribution in [2.45, 2.75) is 70.5 Å². The predicted molar refractivity (Wildman–Crippen MR) is 84.2 cm³/mol. The molecule has 0 amide bonds. The lowest BCUT2D eigenvalue weighted by molar-refractivity contribution is 0.0611. The van der Waals surface area contributed by atoms with Crippen LogP contribution >= 0.6 is 0 Å². The summed E-state index contributed by atoms with van der Waals surface area (Å²) < 4.78 is 7.62. The van der Waals surface area contributed by atoms with E-state index in [2.05, 4.69) is 29.2 Å². The summed E-state index contributed by atoms with van der Waals surface area (Å²) in [5.41, 5.74) is 1.18. The van der Waals surface area contributed by atoms with Gasteiger partial charge >= 0.3 is 0 Å². The van der Waals surface area contributed by atoms with Crippen molar-refractivity contribution in [3.8, 4) is 0 Å². The molecule has 0 bridgehead atoms. The largest absolute Gasteiger partial charge is 0.381 e. The molecule has 1 atom stereocenters. The first-order valence-electron chi connectivity index (χ1n) is 8.66. The summed E-state index contributed by atoms with van der Waals surface area (Å²) in [5.74, 6) is 0.831. The minimum atomic E-state index is 0.560. The number of hydrogen-bond acceptors (Lipinski definition) is 3. The van der Waals surface area contributed by atoms with E-state index in [0.717, 1.165) is 25.7 Å². The van der Waals surface area contributed by atoms with Crippen molar-refractivity contribution in [3.63, 3.8) is 0 Å². The molecule has 1 saturated heterocycles. The summed E-state index contributed by atoms with van der Waals surface area (Å²) in [4.78, 5) is 0. The van der Waals surface area contributed by atoms with Gasteiger partial charge in [0.2, 0.25) is 0 Å². The van der Waals surface area contributed by atoms with E-state index in [-0.39, 0.29) is 0 Å². The van der Waals surface area contributed by atoms with Gasteiger partial charge in [-0.25, -0.2) is 0 Å². The third kappa shape index (κ3) is 4.30. The number of nitrogens with zero attached hydrogens (tertiary/aromatic N) is 2. The molecule has 3 rings (SSSR count). The Hall–Kier alpha value is -0.870. The second-order valence-electron chi connectivity index (χ2n) is 6.80. The van der Waals surface area contributed by atoms with Crippen LogP contribution in [0, 0.1) is 5.92 Å². The van der Waals surface area contributed by atoms with Crippen molar-refractivity contribution in [2.75, 3.05) is 13.2 Å². The van der Waals surface area contributed by atoms with E-state index in [0.29, 0.717) is 12.1 Å². The highest BCUT2D eigenvalue weighted by atomic mass is 16.5. The Bertz CT molecular complexity index is 419. The molecule has 4 nitrogen and oxygen atoms in total. The molecule has 1 aliphatic carbocycles. The normalized spacial score (nSPS) is 22.7. The Kier molecular flexibility index (Phi) is 5.31. The number of hydrogen-bond donors (Lipinski definition) is 1. The van der Waals surface area contributed by atoms with Gasteiger partial charge in [0, 0.05) is 32.0 Å². The molecule has 1 N–H and O–H groups in total. The lowest BCUT2D eigenvalue weighted by Gasteiger charge is -2.25. The summed E-state index contributed by atoms with van der Waals surface area (Å²) in [7, 11) is 0. The predicted octanol–water partition coefficient (Wildman–Crippen LogP) is 3.29. The molecule has 0 aromatic carbocycles. The fourth-order valence-corrected chi connectivity index (χ4v) is 3.69. The molecule has 1 aliphatic heterocycles. The van der Waals surface area contributed by atoms with Gasteiger partial charge in [-0.05, 0) is 51.0 Å². The first kappa shape index (κ1) is 15.0. The zero-order chi connectivity index (χ0) is 14.5. The topological polar surface area (TPSA) is 39.1 Å². The van der Waals surface area contributed by atoms with E-state index < -0.39 is 0 Å². The second kappa shape index (κ2) is 7.41. The van der Waals surface area contributed by atoms with Gasteiger partial charge in [-0.15, -0.1) is 0 Å². The maximum atomic E-state index is 5.43. The minimum Gasteiger partial charge on any atom is -0.381 e. The van der Waals surface area contributed by atoms with Crippen LogP contribution in [0.1, 0.15) is 63.6 Å². The molecule has 118 valence electrons. The van der Waals surface area contributed by atoms with Gasteiger partial charge in [-0.1, -0.05) is 12.8 Å². The van der Waals surface area contributed by atoms with Crippen molar-refractivity contribution in [3.05, 3.63) is 18.0 Å². The fourth-order valence-electron chi connectivity index (χ4n) is 3.69. The van der Waals surface area contributed by atoms with Crippen molar-refractivity contribution >= 4 is 0 Å². The number of aromatic nitrogens is 2. The van der Waals surface area contributed by atoms with Gasteiger partial charge in [0.1, 0.15) is 0 Å². The SMILES string of the molecule is CC(CC1CCOCC1)NCc1ccn(C2CCCC2)n1. The number of nitrogens with one attached hydrogen (secondary N) is 1. The van der Waals surface area contributed by atoms with E-state index in [1.807, 2.05) is 0 Å². The third-order valence-electron chi connectivity index (χ3n) is 5.02. The quantitative estimate of drug-likeness (QED) is 0.874. The van der Waals surface area contributed by atoms with Crippen LogP contribution in [-0.4, -0.2) is 29.0 Å². The highest BCUT2D eigenvalue weighted by Gasteiger charge is 2.18. The first-order chi connectivity index (χ1) is 10.3. The summed E-state index contributed by atoms with van der Waals surface area (Å²) in [5, 5.41) is 8.38. The van der Waals surface area contributed by atoms with Crippen LogP contribution in [-0.2, 0) is 11.3 Å². The molecule has 1 aromatic rings. The third-order valence-corrected chi connectivity index (χ3v) is 5.02. The maximum absolute atomic E-state index is 5.43. The summed E-state index contributed by atoms with van der Waals surface area (Å²) >= 11 is 0. The van der Waals surface area contributed by atoms with Crippen molar-refractivity contribution in [1.82, 2.24) is 15.1 Å². The Balaban J connectivity index is 1.41. The Morgan fingerprint density at radius 1 is 1.29 bits per heavy atom. The van der Waals surface area contributed by atoms with Crippen LogP contribution in [0.5, 0.6) is 0 Å². The zero-order valence-corrected chi connectivity index (χ0v) is 13.3. The minimum absolute atomic E-state index is 0.560. The van der Waals surface area contributed by atoms with Gasteiger partial charge in [0.05, 0.1) is 11.7 Å². The van der Waals surface area contributed by atoms with Gasteiger partial charge in [0.25, 0.3) is 0 Å². The zero-order valence-electron chi connectivity index (χ0n) is 13.3. The van der Waals surface area contributed by atoms with E-state index in [4.69, 9.17) is 9.84 Å². The van der Waals surface area contributed by atoms with E-state index in [1.54, 1.807) is 0 Å². The molecule has 1 unspecified atom stereocenters. The van der Waals surface area contributed by atoms with Crippen molar-refractivity contribution in [1.29, 1.82) is 0 Å². The molecule has 0 spiro atoms. The van der Waals surface area contributed by atoms with Crippen LogP contribution in [0.15, 0.2) is 12.3 Å². The molecule has 0 radical (unpaired) electrons. The number of rotatable bonds is 6. The van der Waals surface area contributed by atoms with Gasteiger partial charge < -0.3 is 10.1 Å². The first-order valence-corrected chi connectivity index (χ1v) is 8.66.